The average molecular weight is 260 g/mol. The zero-order chi connectivity index (χ0) is 13.7. The number of hydrogen-bond donors (Lipinski definition) is 1. The SMILES string of the molecule is CCCc1ccc(C(=O)N(C)CC2CCNC2)cc1. The molecule has 0 aromatic heterocycles. The molecule has 1 aliphatic rings. The van der Waals surface area contributed by atoms with Crippen molar-refractivity contribution < 1.29 is 4.79 Å². The van der Waals surface area contributed by atoms with Gasteiger partial charge in [0.25, 0.3) is 5.91 Å². The standard InChI is InChI=1S/C16H24N2O/c1-3-4-13-5-7-15(8-6-13)16(19)18(2)12-14-9-10-17-11-14/h5-8,14,17H,3-4,9-12H2,1-2H3. The lowest BCUT2D eigenvalue weighted by atomic mass is 10.1. The van der Waals surface area contributed by atoms with Crippen molar-refractivity contribution in [3.63, 3.8) is 0 Å². The topological polar surface area (TPSA) is 32.3 Å². The van der Waals surface area contributed by atoms with Crippen molar-refractivity contribution in [1.29, 1.82) is 0 Å². The maximum absolute atomic E-state index is 12.3. The van der Waals surface area contributed by atoms with Crippen molar-refractivity contribution in [3.8, 4) is 0 Å². The summed E-state index contributed by atoms with van der Waals surface area (Å²) in [5.41, 5.74) is 2.11. The summed E-state index contributed by atoms with van der Waals surface area (Å²) in [6.45, 7) is 5.14. The molecule has 0 radical (unpaired) electrons. The largest absolute Gasteiger partial charge is 0.341 e. The number of rotatable bonds is 5. The summed E-state index contributed by atoms with van der Waals surface area (Å²) in [6, 6.07) is 8.05. The summed E-state index contributed by atoms with van der Waals surface area (Å²) in [5.74, 6) is 0.739. The van der Waals surface area contributed by atoms with E-state index >= 15 is 0 Å². The quantitative estimate of drug-likeness (QED) is 0.881. The van der Waals surface area contributed by atoms with Crippen LogP contribution in [0.3, 0.4) is 0 Å². The molecule has 0 aliphatic carbocycles. The first-order chi connectivity index (χ1) is 9.20. The highest BCUT2D eigenvalue weighted by molar-refractivity contribution is 5.94. The van der Waals surface area contributed by atoms with Gasteiger partial charge in [0.05, 0.1) is 0 Å². The molecule has 0 bridgehead atoms. The Bertz CT molecular complexity index is 407. The maximum atomic E-state index is 12.3. The molecule has 1 atom stereocenters. The molecule has 0 saturated carbocycles. The van der Waals surface area contributed by atoms with E-state index in [9.17, 15) is 4.79 Å². The third-order valence-corrected chi connectivity index (χ3v) is 3.78. The number of benzene rings is 1. The summed E-state index contributed by atoms with van der Waals surface area (Å²) in [4.78, 5) is 14.2. The van der Waals surface area contributed by atoms with Crippen LogP contribution in [0, 0.1) is 5.92 Å². The first-order valence-corrected chi connectivity index (χ1v) is 7.26. The van der Waals surface area contributed by atoms with E-state index in [1.165, 1.54) is 12.0 Å². The van der Waals surface area contributed by atoms with Gasteiger partial charge in [0.15, 0.2) is 0 Å². The van der Waals surface area contributed by atoms with Gasteiger partial charge in [-0.1, -0.05) is 25.5 Å². The zero-order valence-electron chi connectivity index (χ0n) is 12.0. The number of nitrogens with one attached hydrogen (secondary N) is 1. The van der Waals surface area contributed by atoms with Crippen molar-refractivity contribution in [2.24, 2.45) is 5.92 Å². The van der Waals surface area contributed by atoms with Crippen LogP contribution in [0.5, 0.6) is 0 Å². The normalized spacial score (nSPS) is 18.5. The van der Waals surface area contributed by atoms with Crippen molar-refractivity contribution in [2.45, 2.75) is 26.2 Å². The molecule has 1 aromatic carbocycles. The van der Waals surface area contributed by atoms with Crippen molar-refractivity contribution >= 4 is 5.91 Å². The van der Waals surface area contributed by atoms with E-state index < -0.39 is 0 Å². The average Bonchev–Trinajstić information content (AvgIpc) is 2.92. The highest BCUT2D eigenvalue weighted by Crippen LogP contribution is 2.12. The molecule has 19 heavy (non-hydrogen) atoms. The van der Waals surface area contributed by atoms with Gasteiger partial charge >= 0.3 is 0 Å². The first kappa shape index (κ1) is 14.1. The highest BCUT2D eigenvalue weighted by Gasteiger charge is 2.19. The van der Waals surface area contributed by atoms with Crippen LogP contribution in [0.25, 0.3) is 0 Å². The van der Waals surface area contributed by atoms with Gasteiger partial charge < -0.3 is 10.2 Å². The molecule has 1 amide bonds. The molecule has 1 saturated heterocycles. The molecule has 1 aliphatic heterocycles. The lowest BCUT2D eigenvalue weighted by molar-refractivity contribution is 0.0776. The molecule has 1 N–H and O–H groups in total. The number of aryl methyl sites for hydroxylation is 1. The Kier molecular flexibility index (Phi) is 4.97. The van der Waals surface area contributed by atoms with Crippen molar-refractivity contribution in [2.75, 3.05) is 26.7 Å². The van der Waals surface area contributed by atoms with Gasteiger partial charge in [-0.05, 0) is 49.5 Å². The molecular weight excluding hydrogens is 236 g/mol. The second-order valence-corrected chi connectivity index (χ2v) is 5.49. The Morgan fingerprint density at radius 1 is 1.37 bits per heavy atom. The zero-order valence-corrected chi connectivity index (χ0v) is 12.0. The number of carbonyl (C=O) groups excluding carboxylic acids is 1. The number of hydrogen-bond acceptors (Lipinski definition) is 2. The second kappa shape index (κ2) is 6.71. The fourth-order valence-electron chi connectivity index (χ4n) is 2.66. The summed E-state index contributed by atoms with van der Waals surface area (Å²) in [6.07, 6.45) is 3.40. The summed E-state index contributed by atoms with van der Waals surface area (Å²) < 4.78 is 0. The number of nitrogens with zero attached hydrogens (tertiary/aromatic N) is 1. The summed E-state index contributed by atoms with van der Waals surface area (Å²) in [5, 5.41) is 3.34. The smallest absolute Gasteiger partial charge is 0.253 e. The van der Waals surface area contributed by atoms with Crippen molar-refractivity contribution in [1.82, 2.24) is 10.2 Å². The molecule has 1 fully saturated rings. The third kappa shape index (κ3) is 3.80. The van der Waals surface area contributed by atoms with Crippen LogP contribution in [0.15, 0.2) is 24.3 Å². The minimum absolute atomic E-state index is 0.134. The van der Waals surface area contributed by atoms with Crippen LogP contribution < -0.4 is 5.32 Å². The van der Waals surface area contributed by atoms with Gasteiger partial charge in [0.1, 0.15) is 0 Å². The third-order valence-electron chi connectivity index (χ3n) is 3.78. The molecule has 1 unspecified atom stereocenters. The molecular formula is C16H24N2O. The van der Waals surface area contributed by atoms with E-state index in [0.717, 1.165) is 38.0 Å². The molecule has 104 valence electrons. The lowest BCUT2D eigenvalue weighted by Crippen LogP contribution is -2.32. The predicted molar refractivity (Wildman–Crippen MR) is 78.4 cm³/mol. The lowest BCUT2D eigenvalue weighted by Gasteiger charge is -2.21. The number of carbonyl (C=O) groups is 1. The van der Waals surface area contributed by atoms with Crippen LogP contribution in [0.4, 0.5) is 0 Å². The summed E-state index contributed by atoms with van der Waals surface area (Å²) >= 11 is 0. The van der Waals surface area contributed by atoms with E-state index in [1.807, 2.05) is 24.1 Å². The Morgan fingerprint density at radius 3 is 2.68 bits per heavy atom. The van der Waals surface area contributed by atoms with Gasteiger partial charge in [-0.15, -0.1) is 0 Å². The van der Waals surface area contributed by atoms with Gasteiger partial charge in [-0.2, -0.15) is 0 Å². The van der Waals surface area contributed by atoms with Crippen LogP contribution in [0.2, 0.25) is 0 Å². The number of amides is 1. The predicted octanol–water partition coefficient (Wildman–Crippen LogP) is 2.32. The van der Waals surface area contributed by atoms with E-state index in [0.29, 0.717) is 5.92 Å². The Morgan fingerprint density at radius 2 is 2.11 bits per heavy atom. The van der Waals surface area contributed by atoms with Gasteiger partial charge in [-0.3, -0.25) is 4.79 Å². The highest BCUT2D eigenvalue weighted by atomic mass is 16.2. The van der Waals surface area contributed by atoms with Crippen LogP contribution in [-0.4, -0.2) is 37.5 Å². The summed E-state index contributed by atoms with van der Waals surface area (Å²) in [7, 11) is 1.90. The minimum atomic E-state index is 0.134. The Labute approximate surface area is 116 Å². The molecule has 3 nitrogen and oxygen atoms in total. The molecule has 3 heteroatoms. The van der Waals surface area contributed by atoms with E-state index in [2.05, 4.69) is 24.4 Å². The second-order valence-electron chi connectivity index (χ2n) is 5.49. The van der Waals surface area contributed by atoms with E-state index in [-0.39, 0.29) is 5.91 Å². The molecule has 1 heterocycles. The van der Waals surface area contributed by atoms with E-state index in [1.54, 1.807) is 0 Å². The maximum Gasteiger partial charge on any atom is 0.253 e. The van der Waals surface area contributed by atoms with Gasteiger partial charge in [0, 0.05) is 19.2 Å². The Balaban J connectivity index is 1.93. The van der Waals surface area contributed by atoms with Crippen LogP contribution in [0.1, 0.15) is 35.7 Å². The van der Waals surface area contributed by atoms with E-state index in [4.69, 9.17) is 0 Å². The Hall–Kier alpha value is -1.35. The van der Waals surface area contributed by atoms with Crippen LogP contribution in [-0.2, 0) is 6.42 Å². The fraction of sp³-hybridized carbons (Fsp3) is 0.562. The molecule has 0 spiro atoms. The van der Waals surface area contributed by atoms with Crippen LogP contribution >= 0.6 is 0 Å². The van der Waals surface area contributed by atoms with Crippen molar-refractivity contribution in [3.05, 3.63) is 35.4 Å². The van der Waals surface area contributed by atoms with Gasteiger partial charge in [-0.25, -0.2) is 0 Å². The monoisotopic (exact) mass is 260 g/mol. The fourth-order valence-corrected chi connectivity index (χ4v) is 2.66. The molecule has 1 aromatic rings. The first-order valence-electron chi connectivity index (χ1n) is 7.26. The minimum Gasteiger partial charge on any atom is -0.341 e. The van der Waals surface area contributed by atoms with Gasteiger partial charge in [0.2, 0.25) is 0 Å². The molecule has 2 rings (SSSR count).